The number of pyridine rings is 1. The molecule has 106 valence electrons. The molecule has 0 aromatic carbocycles. The highest BCUT2D eigenvalue weighted by Crippen LogP contribution is 2.28. The second-order valence-corrected chi connectivity index (χ2v) is 4.79. The fraction of sp³-hybridized carbons (Fsp3) is 0.500. The number of aromatic nitrogens is 1. The first kappa shape index (κ1) is 14.1. The monoisotopic (exact) mass is 274 g/mol. The van der Waals surface area contributed by atoms with Crippen molar-refractivity contribution in [3.63, 3.8) is 0 Å². The van der Waals surface area contributed by atoms with Crippen LogP contribution >= 0.6 is 0 Å². The van der Waals surface area contributed by atoms with E-state index >= 15 is 0 Å². The average molecular weight is 274 g/mol. The van der Waals surface area contributed by atoms with E-state index in [1.165, 1.54) is 6.07 Å². The van der Waals surface area contributed by atoms with Crippen LogP contribution < -0.4 is 15.8 Å². The molecule has 0 spiro atoms. The third kappa shape index (κ3) is 2.99. The normalized spacial score (nSPS) is 14.8. The van der Waals surface area contributed by atoms with Gasteiger partial charge in [0.2, 0.25) is 11.8 Å². The molecule has 0 saturated heterocycles. The Kier molecular flexibility index (Phi) is 4.41. The van der Waals surface area contributed by atoms with E-state index in [1.807, 2.05) is 6.07 Å². The van der Waals surface area contributed by atoms with E-state index in [-0.39, 0.29) is 29.0 Å². The van der Waals surface area contributed by atoms with Gasteiger partial charge < -0.3 is 15.8 Å². The van der Waals surface area contributed by atoms with Gasteiger partial charge in [-0.2, -0.15) is 10.2 Å². The van der Waals surface area contributed by atoms with E-state index in [1.54, 1.807) is 6.92 Å². The number of hydrogen-bond acceptors (Lipinski definition) is 5. The minimum Gasteiger partial charge on any atom is -0.477 e. The molecule has 0 atom stereocenters. The first-order valence-electron chi connectivity index (χ1n) is 6.80. The smallest absolute Gasteiger partial charge is 0.235 e. The summed E-state index contributed by atoms with van der Waals surface area (Å²) < 4.78 is 5.29. The molecule has 0 bridgehead atoms. The van der Waals surface area contributed by atoms with Gasteiger partial charge in [0.1, 0.15) is 17.5 Å². The van der Waals surface area contributed by atoms with E-state index in [0.29, 0.717) is 12.4 Å². The van der Waals surface area contributed by atoms with Crippen LogP contribution in [0.3, 0.4) is 0 Å². The van der Waals surface area contributed by atoms with Crippen molar-refractivity contribution in [1.82, 2.24) is 4.98 Å². The van der Waals surface area contributed by atoms with Gasteiger partial charge >= 0.3 is 0 Å². The molecule has 1 amide bonds. The average Bonchev–Trinajstić information content (AvgIpc) is 2.93. The molecular weight excluding hydrogens is 256 g/mol. The summed E-state index contributed by atoms with van der Waals surface area (Å²) in [7, 11) is 0. The Balaban J connectivity index is 2.19. The molecule has 0 radical (unpaired) electrons. The quantitative estimate of drug-likeness (QED) is 0.875. The van der Waals surface area contributed by atoms with Crippen LogP contribution in [0.25, 0.3) is 0 Å². The van der Waals surface area contributed by atoms with Crippen LogP contribution in [0, 0.1) is 17.2 Å². The lowest BCUT2D eigenvalue weighted by Crippen LogP contribution is -2.21. The zero-order chi connectivity index (χ0) is 14.5. The predicted octanol–water partition coefficient (Wildman–Crippen LogP) is 2.06. The summed E-state index contributed by atoms with van der Waals surface area (Å²) in [5.74, 6) is 0.504. The van der Waals surface area contributed by atoms with Crippen molar-refractivity contribution in [2.75, 3.05) is 17.7 Å². The van der Waals surface area contributed by atoms with Crippen LogP contribution in [0.5, 0.6) is 5.88 Å². The molecule has 1 aliphatic rings. The van der Waals surface area contributed by atoms with Gasteiger partial charge in [-0.05, 0) is 19.8 Å². The minimum atomic E-state index is -0.0402. The van der Waals surface area contributed by atoms with Crippen LogP contribution in [0.4, 0.5) is 11.5 Å². The molecule has 3 N–H and O–H groups in total. The van der Waals surface area contributed by atoms with E-state index < -0.39 is 0 Å². The minimum absolute atomic E-state index is 0.0402. The van der Waals surface area contributed by atoms with Crippen molar-refractivity contribution >= 4 is 17.4 Å². The van der Waals surface area contributed by atoms with Gasteiger partial charge in [0.05, 0.1) is 12.3 Å². The highest BCUT2D eigenvalue weighted by atomic mass is 16.5. The number of anilines is 2. The number of nitriles is 1. The Bertz CT molecular complexity index is 545. The maximum absolute atomic E-state index is 12.1. The second-order valence-electron chi connectivity index (χ2n) is 4.79. The summed E-state index contributed by atoms with van der Waals surface area (Å²) in [6.45, 7) is 2.17. The summed E-state index contributed by atoms with van der Waals surface area (Å²) in [5.41, 5.74) is 6.26. The van der Waals surface area contributed by atoms with Crippen molar-refractivity contribution < 1.29 is 9.53 Å². The molecule has 1 heterocycles. The molecule has 20 heavy (non-hydrogen) atoms. The number of carbonyl (C=O) groups excluding carboxylic acids is 1. The highest BCUT2D eigenvalue weighted by molar-refractivity contribution is 5.92. The number of amides is 1. The topological polar surface area (TPSA) is 101 Å². The van der Waals surface area contributed by atoms with Crippen molar-refractivity contribution in [2.24, 2.45) is 5.92 Å². The molecule has 1 fully saturated rings. The van der Waals surface area contributed by atoms with Gasteiger partial charge in [-0.1, -0.05) is 12.8 Å². The summed E-state index contributed by atoms with van der Waals surface area (Å²) in [5, 5.41) is 11.8. The van der Waals surface area contributed by atoms with E-state index in [0.717, 1.165) is 25.7 Å². The van der Waals surface area contributed by atoms with Gasteiger partial charge in [-0.15, -0.1) is 0 Å². The first-order chi connectivity index (χ1) is 9.65. The molecule has 1 saturated carbocycles. The van der Waals surface area contributed by atoms with Gasteiger partial charge in [0.15, 0.2) is 0 Å². The van der Waals surface area contributed by atoms with Gasteiger partial charge in [0.25, 0.3) is 0 Å². The molecule has 0 unspecified atom stereocenters. The highest BCUT2D eigenvalue weighted by Gasteiger charge is 2.23. The molecular formula is C14H18N4O2. The third-order valence-corrected chi connectivity index (χ3v) is 3.39. The van der Waals surface area contributed by atoms with Gasteiger partial charge in [-0.3, -0.25) is 4.79 Å². The number of nitrogens with one attached hydrogen (secondary N) is 1. The van der Waals surface area contributed by atoms with Crippen LogP contribution in [0.2, 0.25) is 0 Å². The van der Waals surface area contributed by atoms with Crippen molar-refractivity contribution in [3.8, 4) is 11.9 Å². The summed E-state index contributed by atoms with van der Waals surface area (Å²) in [6.07, 6.45) is 4.00. The zero-order valence-corrected chi connectivity index (χ0v) is 11.5. The SMILES string of the molecule is CCOc1nc(NC(=O)C2CCCC2)cc(N)c1C#N. The molecule has 0 aliphatic heterocycles. The van der Waals surface area contributed by atoms with Gasteiger partial charge in [0, 0.05) is 12.0 Å². The number of carbonyl (C=O) groups is 1. The van der Waals surface area contributed by atoms with E-state index in [4.69, 9.17) is 15.7 Å². The van der Waals surface area contributed by atoms with Crippen molar-refractivity contribution in [3.05, 3.63) is 11.6 Å². The molecule has 1 aromatic heterocycles. The Labute approximate surface area is 117 Å². The Morgan fingerprint density at radius 2 is 2.30 bits per heavy atom. The summed E-state index contributed by atoms with van der Waals surface area (Å²) >= 11 is 0. The summed E-state index contributed by atoms with van der Waals surface area (Å²) in [4.78, 5) is 16.2. The number of rotatable bonds is 4. The van der Waals surface area contributed by atoms with Crippen molar-refractivity contribution in [1.29, 1.82) is 5.26 Å². The van der Waals surface area contributed by atoms with Crippen LogP contribution in [-0.2, 0) is 4.79 Å². The number of ether oxygens (including phenoxy) is 1. The maximum Gasteiger partial charge on any atom is 0.235 e. The Morgan fingerprint density at radius 3 is 2.90 bits per heavy atom. The predicted molar refractivity (Wildman–Crippen MR) is 75.1 cm³/mol. The lowest BCUT2D eigenvalue weighted by Gasteiger charge is -2.12. The number of nitrogens with zero attached hydrogens (tertiary/aromatic N) is 2. The molecule has 6 heteroatoms. The van der Waals surface area contributed by atoms with Crippen molar-refractivity contribution in [2.45, 2.75) is 32.6 Å². The van der Waals surface area contributed by atoms with Crippen LogP contribution in [0.1, 0.15) is 38.2 Å². The second kappa shape index (κ2) is 6.24. The molecule has 1 aliphatic carbocycles. The molecule has 2 rings (SSSR count). The largest absolute Gasteiger partial charge is 0.477 e. The molecule has 6 nitrogen and oxygen atoms in total. The zero-order valence-electron chi connectivity index (χ0n) is 11.5. The number of hydrogen-bond donors (Lipinski definition) is 2. The summed E-state index contributed by atoms with van der Waals surface area (Å²) in [6, 6.07) is 3.45. The Hall–Kier alpha value is -2.29. The van der Waals surface area contributed by atoms with Crippen LogP contribution in [-0.4, -0.2) is 17.5 Å². The molecule has 1 aromatic rings. The number of nitrogens with two attached hydrogens (primary N) is 1. The number of nitrogen functional groups attached to an aromatic ring is 1. The van der Waals surface area contributed by atoms with E-state index in [2.05, 4.69) is 10.3 Å². The lowest BCUT2D eigenvalue weighted by molar-refractivity contribution is -0.119. The fourth-order valence-electron chi connectivity index (χ4n) is 2.37. The first-order valence-corrected chi connectivity index (χ1v) is 6.80. The standard InChI is InChI=1S/C14H18N4O2/c1-2-20-14-10(8-15)11(16)7-12(18-14)17-13(19)9-5-3-4-6-9/h7,9H,2-6H2,1H3,(H3,16,17,18,19). The van der Waals surface area contributed by atoms with Crippen LogP contribution in [0.15, 0.2) is 6.07 Å². The third-order valence-electron chi connectivity index (χ3n) is 3.39. The van der Waals surface area contributed by atoms with E-state index in [9.17, 15) is 4.79 Å². The van der Waals surface area contributed by atoms with Gasteiger partial charge in [-0.25, -0.2) is 0 Å². The fourth-order valence-corrected chi connectivity index (χ4v) is 2.37. The lowest BCUT2D eigenvalue weighted by atomic mass is 10.1. The Morgan fingerprint density at radius 1 is 1.60 bits per heavy atom. The maximum atomic E-state index is 12.1.